The summed E-state index contributed by atoms with van der Waals surface area (Å²) in [5.41, 5.74) is 10.1. The highest BCUT2D eigenvalue weighted by Gasteiger charge is 2.02. The number of nitrogen functional groups attached to an aromatic ring is 1. The summed E-state index contributed by atoms with van der Waals surface area (Å²) >= 11 is 0. The second-order valence-corrected chi connectivity index (χ2v) is 4.89. The first-order valence-corrected chi connectivity index (χ1v) is 6.94. The zero-order valence-corrected chi connectivity index (χ0v) is 11.7. The summed E-state index contributed by atoms with van der Waals surface area (Å²) in [4.78, 5) is 0. The standard InChI is InChI=1S/C19H17NO/c20-19-9-5-4-8-18(19)16-10-12-17(13-11-16)21-14-15-6-2-1-3-7-15/h1-13H,14,20H2. The van der Waals surface area contributed by atoms with E-state index in [2.05, 4.69) is 12.1 Å². The van der Waals surface area contributed by atoms with Crippen molar-refractivity contribution in [1.29, 1.82) is 0 Å². The molecule has 0 bridgehead atoms. The lowest BCUT2D eigenvalue weighted by atomic mass is 10.0. The van der Waals surface area contributed by atoms with Gasteiger partial charge >= 0.3 is 0 Å². The molecule has 2 N–H and O–H groups in total. The molecule has 0 saturated heterocycles. The number of rotatable bonds is 4. The van der Waals surface area contributed by atoms with Crippen molar-refractivity contribution in [3.63, 3.8) is 0 Å². The summed E-state index contributed by atoms with van der Waals surface area (Å²) in [7, 11) is 0. The predicted molar refractivity (Wildman–Crippen MR) is 87.1 cm³/mol. The molecule has 3 aromatic rings. The van der Waals surface area contributed by atoms with Gasteiger partial charge in [0.1, 0.15) is 12.4 Å². The van der Waals surface area contributed by atoms with Crippen LogP contribution in [0.25, 0.3) is 11.1 Å². The molecule has 0 fully saturated rings. The van der Waals surface area contributed by atoms with Crippen molar-refractivity contribution in [3.8, 4) is 16.9 Å². The molecule has 0 atom stereocenters. The lowest BCUT2D eigenvalue weighted by Crippen LogP contribution is -1.95. The number of benzene rings is 3. The monoisotopic (exact) mass is 275 g/mol. The predicted octanol–water partition coefficient (Wildman–Crippen LogP) is 4.51. The first-order chi connectivity index (χ1) is 10.3. The Bertz CT molecular complexity index is 705. The van der Waals surface area contributed by atoms with Crippen LogP contribution in [0.4, 0.5) is 5.69 Å². The van der Waals surface area contributed by atoms with Gasteiger partial charge in [-0.15, -0.1) is 0 Å². The van der Waals surface area contributed by atoms with Gasteiger partial charge in [-0.05, 0) is 29.3 Å². The molecule has 0 spiro atoms. The van der Waals surface area contributed by atoms with Crippen LogP contribution in [0.3, 0.4) is 0 Å². The molecule has 3 rings (SSSR count). The average molecular weight is 275 g/mol. The fourth-order valence-corrected chi connectivity index (χ4v) is 2.23. The van der Waals surface area contributed by atoms with Crippen LogP contribution in [0.15, 0.2) is 78.9 Å². The quantitative estimate of drug-likeness (QED) is 0.711. The van der Waals surface area contributed by atoms with E-state index in [4.69, 9.17) is 10.5 Å². The Hall–Kier alpha value is -2.74. The molecule has 0 saturated carbocycles. The summed E-state index contributed by atoms with van der Waals surface area (Å²) < 4.78 is 5.78. The zero-order valence-electron chi connectivity index (χ0n) is 11.7. The smallest absolute Gasteiger partial charge is 0.119 e. The van der Waals surface area contributed by atoms with Crippen molar-refractivity contribution >= 4 is 5.69 Å². The van der Waals surface area contributed by atoms with E-state index in [1.165, 1.54) is 0 Å². The third-order valence-electron chi connectivity index (χ3n) is 3.37. The van der Waals surface area contributed by atoms with E-state index >= 15 is 0 Å². The molecule has 0 aliphatic carbocycles. The van der Waals surface area contributed by atoms with Gasteiger partial charge in [0.2, 0.25) is 0 Å². The van der Waals surface area contributed by atoms with Crippen LogP contribution < -0.4 is 10.5 Å². The normalized spacial score (nSPS) is 10.3. The Morgan fingerprint density at radius 1 is 0.714 bits per heavy atom. The Balaban J connectivity index is 1.71. The summed E-state index contributed by atoms with van der Waals surface area (Å²) in [6.45, 7) is 0.577. The van der Waals surface area contributed by atoms with E-state index in [9.17, 15) is 0 Å². The van der Waals surface area contributed by atoms with E-state index in [1.54, 1.807) is 0 Å². The van der Waals surface area contributed by atoms with E-state index < -0.39 is 0 Å². The number of para-hydroxylation sites is 1. The van der Waals surface area contributed by atoms with Gasteiger partial charge in [0.25, 0.3) is 0 Å². The molecule has 104 valence electrons. The molecule has 2 nitrogen and oxygen atoms in total. The second-order valence-electron chi connectivity index (χ2n) is 4.89. The van der Waals surface area contributed by atoms with Crippen LogP contribution in [0.1, 0.15) is 5.56 Å². The third kappa shape index (κ3) is 3.23. The Kier molecular flexibility index (Phi) is 3.88. The number of hydrogen-bond acceptors (Lipinski definition) is 2. The van der Waals surface area contributed by atoms with Crippen molar-refractivity contribution in [1.82, 2.24) is 0 Å². The molecule has 0 amide bonds. The van der Waals surface area contributed by atoms with Crippen LogP contribution in [0.2, 0.25) is 0 Å². The van der Waals surface area contributed by atoms with Crippen molar-refractivity contribution in [2.75, 3.05) is 5.73 Å². The Morgan fingerprint density at radius 2 is 1.38 bits per heavy atom. The van der Waals surface area contributed by atoms with Crippen molar-refractivity contribution < 1.29 is 4.74 Å². The summed E-state index contributed by atoms with van der Waals surface area (Å²) in [6, 6.07) is 26.0. The van der Waals surface area contributed by atoms with E-state index in [0.29, 0.717) is 6.61 Å². The van der Waals surface area contributed by atoms with Crippen LogP contribution in [0.5, 0.6) is 5.75 Å². The largest absolute Gasteiger partial charge is 0.489 e. The van der Waals surface area contributed by atoms with Crippen molar-refractivity contribution in [2.24, 2.45) is 0 Å². The van der Waals surface area contributed by atoms with Gasteiger partial charge in [-0.2, -0.15) is 0 Å². The van der Waals surface area contributed by atoms with Gasteiger partial charge in [-0.1, -0.05) is 60.7 Å². The van der Waals surface area contributed by atoms with E-state index in [1.807, 2.05) is 66.7 Å². The maximum absolute atomic E-state index is 5.99. The van der Waals surface area contributed by atoms with Crippen molar-refractivity contribution in [3.05, 3.63) is 84.4 Å². The molecule has 0 unspecified atom stereocenters. The highest BCUT2D eigenvalue weighted by molar-refractivity contribution is 5.76. The molecule has 0 aromatic heterocycles. The highest BCUT2D eigenvalue weighted by atomic mass is 16.5. The topological polar surface area (TPSA) is 35.2 Å². The summed E-state index contributed by atoms with van der Waals surface area (Å²) in [6.07, 6.45) is 0. The molecule has 0 heterocycles. The molecule has 0 radical (unpaired) electrons. The fraction of sp³-hybridized carbons (Fsp3) is 0.0526. The van der Waals surface area contributed by atoms with Gasteiger partial charge < -0.3 is 10.5 Å². The third-order valence-corrected chi connectivity index (χ3v) is 3.37. The van der Waals surface area contributed by atoms with Crippen LogP contribution in [0, 0.1) is 0 Å². The molecular weight excluding hydrogens is 258 g/mol. The van der Waals surface area contributed by atoms with Crippen LogP contribution >= 0.6 is 0 Å². The Labute approximate surface area is 124 Å². The fourth-order valence-electron chi connectivity index (χ4n) is 2.23. The van der Waals surface area contributed by atoms with Gasteiger partial charge in [0.05, 0.1) is 0 Å². The molecular formula is C19H17NO. The lowest BCUT2D eigenvalue weighted by molar-refractivity contribution is 0.306. The van der Waals surface area contributed by atoms with E-state index in [-0.39, 0.29) is 0 Å². The minimum absolute atomic E-state index is 0.577. The maximum atomic E-state index is 5.99. The lowest BCUT2D eigenvalue weighted by Gasteiger charge is -2.09. The van der Waals surface area contributed by atoms with Crippen LogP contribution in [-0.2, 0) is 6.61 Å². The zero-order chi connectivity index (χ0) is 14.5. The minimum Gasteiger partial charge on any atom is -0.489 e. The number of hydrogen-bond donors (Lipinski definition) is 1. The van der Waals surface area contributed by atoms with Gasteiger partial charge in [0.15, 0.2) is 0 Å². The first-order valence-electron chi connectivity index (χ1n) is 6.94. The molecule has 0 aliphatic heterocycles. The molecule has 3 aromatic carbocycles. The summed E-state index contributed by atoms with van der Waals surface area (Å²) in [5.74, 6) is 0.858. The van der Waals surface area contributed by atoms with Gasteiger partial charge in [-0.3, -0.25) is 0 Å². The van der Waals surface area contributed by atoms with E-state index in [0.717, 1.165) is 28.1 Å². The Morgan fingerprint density at radius 3 is 2.10 bits per heavy atom. The van der Waals surface area contributed by atoms with Crippen molar-refractivity contribution in [2.45, 2.75) is 6.61 Å². The maximum Gasteiger partial charge on any atom is 0.119 e. The number of ether oxygens (including phenoxy) is 1. The number of nitrogens with two attached hydrogens (primary N) is 1. The summed E-state index contributed by atoms with van der Waals surface area (Å²) in [5, 5.41) is 0. The first kappa shape index (κ1) is 13.3. The highest BCUT2D eigenvalue weighted by Crippen LogP contribution is 2.27. The van der Waals surface area contributed by atoms with Gasteiger partial charge in [-0.25, -0.2) is 0 Å². The SMILES string of the molecule is Nc1ccccc1-c1ccc(OCc2ccccc2)cc1. The minimum atomic E-state index is 0.577. The molecule has 0 aliphatic rings. The number of anilines is 1. The van der Waals surface area contributed by atoms with Gasteiger partial charge in [0, 0.05) is 11.3 Å². The average Bonchev–Trinajstić information content (AvgIpc) is 2.55. The second kappa shape index (κ2) is 6.14. The molecule has 2 heteroatoms. The molecule has 21 heavy (non-hydrogen) atoms. The van der Waals surface area contributed by atoms with Crippen LogP contribution in [-0.4, -0.2) is 0 Å².